The Kier molecular flexibility index (Phi) is 7.47. The molecule has 0 saturated carbocycles. The maximum Gasteiger partial charge on any atom is 0.416 e. The number of hydrogen-bond donors (Lipinski definition) is 2. The maximum absolute atomic E-state index is 13.1. The molecule has 0 radical (unpaired) electrons. The summed E-state index contributed by atoms with van der Waals surface area (Å²) < 4.78 is 44.4. The highest BCUT2D eigenvalue weighted by Gasteiger charge is 2.37. The van der Waals surface area contributed by atoms with E-state index in [9.17, 15) is 27.6 Å². The first-order chi connectivity index (χ1) is 17.7. The Balaban J connectivity index is 1.42. The fraction of sp³-hybridized carbons (Fsp3) is 0.222. The van der Waals surface area contributed by atoms with E-state index in [0.717, 1.165) is 17.7 Å². The third-order valence-corrected chi connectivity index (χ3v) is 6.02. The van der Waals surface area contributed by atoms with Gasteiger partial charge in [0.15, 0.2) is 0 Å². The zero-order valence-corrected chi connectivity index (χ0v) is 19.8. The van der Waals surface area contributed by atoms with E-state index in [1.54, 1.807) is 43.5 Å². The summed E-state index contributed by atoms with van der Waals surface area (Å²) in [5.41, 5.74) is 0.566. The van der Waals surface area contributed by atoms with Gasteiger partial charge in [-0.15, -0.1) is 0 Å². The van der Waals surface area contributed by atoms with Crippen molar-refractivity contribution in [2.45, 2.75) is 19.1 Å². The summed E-state index contributed by atoms with van der Waals surface area (Å²) in [6, 6.07) is 18.1. The second-order valence-corrected chi connectivity index (χ2v) is 8.52. The number of methoxy groups -OCH3 is 1. The van der Waals surface area contributed by atoms with Crippen molar-refractivity contribution in [3.63, 3.8) is 0 Å². The van der Waals surface area contributed by atoms with Crippen LogP contribution < -0.4 is 20.3 Å². The minimum absolute atomic E-state index is 0.0716. The second-order valence-electron chi connectivity index (χ2n) is 8.52. The van der Waals surface area contributed by atoms with E-state index >= 15 is 0 Å². The van der Waals surface area contributed by atoms with Gasteiger partial charge in [-0.2, -0.15) is 13.2 Å². The summed E-state index contributed by atoms with van der Waals surface area (Å²) in [7, 11) is 1.56. The van der Waals surface area contributed by atoms with Crippen LogP contribution in [0.2, 0.25) is 0 Å². The summed E-state index contributed by atoms with van der Waals surface area (Å²) in [6.07, 6.45) is -4.71. The van der Waals surface area contributed by atoms with Crippen molar-refractivity contribution in [1.82, 2.24) is 5.32 Å². The number of benzene rings is 3. The smallest absolute Gasteiger partial charge is 0.416 e. The van der Waals surface area contributed by atoms with Gasteiger partial charge in [0, 0.05) is 25.2 Å². The summed E-state index contributed by atoms with van der Waals surface area (Å²) in [5.74, 6) is -1.46. The largest absolute Gasteiger partial charge is 0.497 e. The summed E-state index contributed by atoms with van der Waals surface area (Å²) >= 11 is 0. The molecule has 1 aliphatic heterocycles. The molecule has 7 nitrogen and oxygen atoms in total. The van der Waals surface area contributed by atoms with E-state index in [0.29, 0.717) is 5.75 Å². The highest BCUT2D eigenvalue weighted by Crippen LogP contribution is 2.33. The predicted molar refractivity (Wildman–Crippen MR) is 131 cm³/mol. The average Bonchev–Trinajstić information content (AvgIpc) is 3.29. The van der Waals surface area contributed by atoms with Crippen LogP contribution in [0.15, 0.2) is 72.8 Å². The fourth-order valence-corrected chi connectivity index (χ4v) is 4.03. The van der Waals surface area contributed by atoms with Crippen LogP contribution in [-0.2, 0) is 22.3 Å². The van der Waals surface area contributed by atoms with Crippen LogP contribution in [0, 0.1) is 5.92 Å². The van der Waals surface area contributed by atoms with E-state index in [1.807, 2.05) is 12.1 Å². The first-order valence-electron chi connectivity index (χ1n) is 11.4. The molecule has 192 valence electrons. The highest BCUT2D eigenvalue weighted by molar-refractivity contribution is 6.07. The van der Waals surface area contributed by atoms with Crippen LogP contribution in [-0.4, -0.2) is 31.4 Å². The third-order valence-electron chi connectivity index (χ3n) is 6.02. The van der Waals surface area contributed by atoms with Gasteiger partial charge in [-0.25, -0.2) is 0 Å². The van der Waals surface area contributed by atoms with Crippen molar-refractivity contribution in [1.29, 1.82) is 0 Å². The number of anilines is 2. The lowest BCUT2D eigenvalue weighted by Crippen LogP contribution is -2.29. The molecule has 10 heteroatoms. The van der Waals surface area contributed by atoms with Crippen LogP contribution in [0.5, 0.6) is 5.75 Å². The fourth-order valence-electron chi connectivity index (χ4n) is 4.03. The zero-order valence-electron chi connectivity index (χ0n) is 19.8. The molecule has 1 saturated heterocycles. The molecule has 2 N–H and O–H groups in total. The van der Waals surface area contributed by atoms with Gasteiger partial charge in [-0.3, -0.25) is 14.4 Å². The Morgan fingerprint density at radius 3 is 2.46 bits per heavy atom. The summed E-state index contributed by atoms with van der Waals surface area (Å²) in [4.78, 5) is 39.5. The number of para-hydroxylation sites is 1. The topological polar surface area (TPSA) is 87.7 Å². The monoisotopic (exact) mass is 511 g/mol. The number of alkyl halides is 3. The van der Waals surface area contributed by atoms with Crippen LogP contribution >= 0.6 is 0 Å². The van der Waals surface area contributed by atoms with E-state index in [4.69, 9.17) is 4.74 Å². The number of halogens is 3. The summed E-state index contributed by atoms with van der Waals surface area (Å²) in [6.45, 7) is 0.187. The number of ether oxygens (including phenoxy) is 1. The molecular weight excluding hydrogens is 487 g/mol. The molecular formula is C27H24F3N3O4. The quantitative estimate of drug-likeness (QED) is 0.484. The molecule has 0 unspecified atom stereocenters. The van der Waals surface area contributed by atoms with Gasteiger partial charge in [0.05, 0.1) is 29.8 Å². The van der Waals surface area contributed by atoms with Crippen molar-refractivity contribution in [3.8, 4) is 5.75 Å². The third kappa shape index (κ3) is 6.08. The number of amides is 3. The van der Waals surface area contributed by atoms with Gasteiger partial charge in [0.25, 0.3) is 5.91 Å². The molecule has 3 amide bonds. The molecule has 4 rings (SSSR count). The van der Waals surface area contributed by atoms with Crippen molar-refractivity contribution >= 4 is 29.1 Å². The van der Waals surface area contributed by atoms with Crippen LogP contribution in [0.25, 0.3) is 0 Å². The zero-order chi connectivity index (χ0) is 26.6. The lowest BCUT2D eigenvalue weighted by Gasteiger charge is -2.18. The number of nitrogens with one attached hydrogen (secondary N) is 2. The molecule has 0 bridgehead atoms. The minimum Gasteiger partial charge on any atom is -0.497 e. The molecule has 1 heterocycles. The molecule has 1 aliphatic rings. The SMILES string of the molecule is COc1ccc(CNC(=O)c2ccccc2NC(=O)[C@@H]2CC(=O)N(c3cccc(C(F)(F)F)c3)C2)cc1. The Bertz CT molecular complexity index is 1310. The first-order valence-corrected chi connectivity index (χ1v) is 11.4. The number of rotatable bonds is 7. The first kappa shape index (κ1) is 25.7. The van der Waals surface area contributed by atoms with Crippen molar-refractivity contribution in [2.75, 3.05) is 23.9 Å². The molecule has 1 fully saturated rings. The van der Waals surface area contributed by atoms with Gasteiger partial charge in [0.2, 0.25) is 11.8 Å². The van der Waals surface area contributed by atoms with Gasteiger partial charge in [-0.05, 0) is 48.0 Å². The van der Waals surface area contributed by atoms with Crippen molar-refractivity contribution < 1.29 is 32.3 Å². The molecule has 0 spiro atoms. The number of hydrogen-bond acceptors (Lipinski definition) is 4. The lowest BCUT2D eigenvalue weighted by molar-refractivity contribution is -0.137. The highest BCUT2D eigenvalue weighted by atomic mass is 19.4. The normalized spacial score (nSPS) is 15.4. The molecule has 0 aliphatic carbocycles. The Morgan fingerprint density at radius 1 is 1.03 bits per heavy atom. The molecule has 3 aromatic rings. The van der Waals surface area contributed by atoms with E-state index in [1.165, 1.54) is 17.0 Å². The standard InChI is InChI=1S/C27H24F3N3O4/c1-37-21-11-9-17(10-12-21)15-31-26(36)22-7-2-3-8-23(22)32-25(35)18-13-24(34)33(16-18)20-6-4-5-19(14-20)27(28,29)30/h2-12,14,18H,13,15-16H2,1H3,(H,31,36)(H,32,35)/t18-/m1/s1. The molecule has 0 aromatic heterocycles. The van der Waals surface area contributed by atoms with E-state index in [2.05, 4.69) is 10.6 Å². The Morgan fingerprint density at radius 2 is 1.76 bits per heavy atom. The Labute approximate surface area is 211 Å². The maximum atomic E-state index is 13.1. The van der Waals surface area contributed by atoms with Crippen LogP contribution in [0.4, 0.5) is 24.5 Å². The summed E-state index contributed by atoms with van der Waals surface area (Å²) in [5, 5.41) is 5.50. The molecule has 37 heavy (non-hydrogen) atoms. The van der Waals surface area contributed by atoms with E-state index in [-0.39, 0.29) is 36.4 Å². The van der Waals surface area contributed by atoms with Gasteiger partial charge < -0.3 is 20.3 Å². The molecule has 1 atom stereocenters. The van der Waals surface area contributed by atoms with Gasteiger partial charge in [-0.1, -0.05) is 30.3 Å². The van der Waals surface area contributed by atoms with Crippen LogP contribution in [0.3, 0.4) is 0 Å². The van der Waals surface area contributed by atoms with E-state index < -0.39 is 35.4 Å². The number of nitrogens with zero attached hydrogens (tertiary/aromatic N) is 1. The second kappa shape index (κ2) is 10.7. The van der Waals surface area contributed by atoms with Crippen LogP contribution in [0.1, 0.15) is 27.9 Å². The minimum atomic E-state index is -4.55. The Hall–Kier alpha value is -4.34. The van der Waals surface area contributed by atoms with Gasteiger partial charge >= 0.3 is 6.18 Å². The lowest BCUT2D eigenvalue weighted by atomic mass is 10.1. The predicted octanol–water partition coefficient (Wildman–Crippen LogP) is 4.64. The van der Waals surface area contributed by atoms with Crippen molar-refractivity contribution in [3.05, 3.63) is 89.5 Å². The average molecular weight is 512 g/mol. The number of carbonyl (C=O) groups excluding carboxylic acids is 3. The molecule has 3 aromatic carbocycles. The van der Waals surface area contributed by atoms with Crippen molar-refractivity contribution in [2.24, 2.45) is 5.92 Å². The number of carbonyl (C=O) groups is 3. The van der Waals surface area contributed by atoms with Gasteiger partial charge in [0.1, 0.15) is 5.75 Å².